The summed E-state index contributed by atoms with van der Waals surface area (Å²) in [5.41, 5.74) is 1.41. The molecule has 1 unspecified atom stereocenters. The van der Waals surface area contributed by atoms with Gasteiger partial charge in [-0.05, 0) is 23.3 Å². The first kappa shape index (κ1) is 15.1. The molecular weight excluding hydrogens is 281 g/mol. The molecule has 0 aliphatic heterocycles. The van der Waals surface area contributed by atoms with Crippen molar-refractivity contribution in [2.45, 2.75) is 12.5 Å². The lowest BCUT2D eigenvalue weighted by Gasteiger charge is -2.08. The highest BCUT2D eigenvalue weighted by molar-refractivity contribution is 5.51. The van der Waals surface area contributed by atoms with Crippen molar-refractivity contribution in [3.05, 3.63) is 71.8 Å². The molecule has 0 aliphatic carbocycles. The van der Waals surface area contributed by atoms with Gasteiger partial charge in [0, 0.05) is 0 Å². The van der Waals surface area contributed by atoms with Crippen LogP contribution in [-0.2, 0) is 0 Å². The van der Waals surface area contributed by atoms with Gasteiger partial charge in [0.1, 0.15) is 5.75 Å². The highest BCUT2D eigenvalue weighted by Crippen LogP contribution is 2.23. The monoisotopic (exact) mass is 294 g/mol. The molecule has 2 aromatic carbocycles. The standard InChI is InChI=1S/C16H13F3O2/c17-16(18,19)21-14-9-6-12(7-10-14)8-11-15(20)13-4-2-1-3-5-13/h1-11,15,20H/b11-8+. The Morgan fingerprint density at radius 1 is 0.952 bits per heavy atom. The molecule has 110 valence electrons. The maximum atomic E-state index is 12.0. The number of rotatable bonds is 4. The van der Waals surface area contributed by atoms with Crippen LogP contribution in [0.25, 0.3) is 6.08 Å². The predicted octanol–water partition coefficient (Wildman–Crippen LogP) is 4.33. The van der Waals surface area contributed by atoms with E-state index in [4.69, 9.17) is 0 Å². The molecule has 0 amide bonds. The Morgan fingerprint density at radius 3 is 2.14 bits per heavy atom. The predicted molar refractivity (Wildman–Crippen MR) is 73.6 cm³/mol. The fraction of sp³-hybridized carbons (Fsp3) is 0.125. The second kappa shape index (κ2) is 6.45. The Balaban J connectivity index is 2.01. The molecule has 0 radical (unpaired) electrons. The zero-order valence-corrected chi connectivity index (χ0v) is 10.9. The number of benzene rings is 2. The molecule has 0 saturated heterocycles. The largest absolute Gasteiger partial charge is 0.573 e. The van der Waals surface area contributed by atoms with E-state index in [0.717, 1.165) is 5.56 Å². The van der Waals surface area contributed by atoms with Crippen LogP contribution in [0.4, 0.5) is 13.2 Å². The van der Waals surface area contributed by atoms with Gasteiger partial charge in [0.2, 0.25) is 0 Å². The van der Waals surface area contributed by atoms with Crippen LogP contribution < -0.4 is 4.74 Å². The lowest BCUT2D eigenvalue weighted by molar-refractivity contribution is -0.274. The summed E-state index contributed by atoms with van der Waals surface area (Å²) in [4.78, 5) is 0. The Bertz CT molecular complexity index is 589. The molecule has 0 aromatic heterocycles. The minimum Gasteiger partial charge on any atom is -0.406 e. The number of alkyl halides is 3. The summed E-state index contributed by atoms with van der Waals surface area (Å²) < 4.78 is 39.8. The van der Waals surface area contributed by atoms with E-state index in [1.165, 1.54) is 24.3 Å². The van der Waals surface area contributed by atoms with E-state index in [9.17, 15) is 18.3 Å². The van der Waals surface area contributed by atoms with Gasteiger partial charge in [-0.2, -0.15) is 0 Å². The fourth-order valence-corrected chi connectivity index (χ4v) is 1.74. The first-order valence-electron chi connectivity index (χ1n) is 6.21. The van der Waals surface area contributed by atoms with E-state index in [0.29, 0.717) is 5.56 Å². The van der Waals surface area contributed by atoms with Crippen LogP contribution in [0.1, 0.15) is 17.2 Å². The highest BCUT2D eigenvalue weighted by Gasteiger charge is 2.30. The Kier molecular flexibility index (Phi) is 4.65. The van der Waals surface area contributed by atoms with Gasteiger partial charge in [-0.1, -0.05) is 54.6 Å². The minimum atomic E-state index is -4.69. The Labute approximate surface area is 120 Å². The molecule has 0 fully saturated rings. The van der Waals surface area contributed by atoms with Gasteiger partial charge in [0.05, 0.1) is 6.10 Å². The van der Waals surface area contributed by atoms with Crippen molar-refractivity contribution < 1.29 is 23.0 Å². The van der Waals surface area contributed by atoms with E-state index in [-0.39, 0.29) is 5.75 Å². The van der Waals surface area contributed by atoms with Crippen molar-refractivity contribution >= 4 is 6.08 Å². The second-order valence-corrected chi connectivity index (χ2v) is 4.33. The van der Waals surface area contributed by atoms with Gasteiger partial charge in [0.25, 0.3) is 0 Å². The molecule has 0 spiro atoms. The summed E-state index contributed by atoms with van der Waals surface area (Å²) in [6, 6.07) is 14.5. The van der Waals surface area contributed by atoms with Crippen LogP contribution in [0, 0.1) is 0 Å². The smallest absolute Gasteiger partial charge is 0.406 e. The number of hydrogen-bond acceptors (Lipinski definition) is 2. The van der Waals surface area contributed by atoms with E-state index in [1.54, 1.807) is 24.3 Å². The summed E-state index contributed by atoms with van der Waals surface area (Å²) in [6.07, 6.45) is -2.26. The van der Waals surface area contributed by atoms with Crippen molar-refractivity contribution in [2.75, 3.05) is 0 Å². The first-order chi connectivity index (χ1) is 9.94. The fourth-order valence-electron chi connectivity index (χ4n) is 1.74. The SMILES string of the molecule is OC(/C=C/c1ccc(OC(F)(F)F)cc1)c1ccccc1. The van der Waals surface area contributed by atoms with Crippen molar-refractivity contribution in [3.8, 4) is 5.75 Å². The summed E-state index contributed by atoms with van der Waals surface area (Å²) in [7, 11) is 0. The average molecular weight is 294 g/mol. The van der Waals surface area contributed by atoms with Crippen LogP contribution in [0.15, 0.2) is 60.7 Å². The molecule has 0 aliphatic rings. The number of halogens is 3. The number of aliphatic hydroxyl groups is 1. The van der Waals surface area contributed by atoms with Gasteiger partial charge in [-0.3, -0.25) is 0 Å². The molecule has 0 heterocycles. The van der Waals surface area contributed by atoms with Gasteiger partial charge < -0.3 is 9.84 Å². The van der Waals surface area contributed by atoms with Crippen LogP contribution in [0.5, 0.6) is 5.75 Å². The zero-order chi connectivity index (χ0) is 15.3. The molecule has 0 bridgehead atoms. The average Bonchev–Trinajstić information content (AvgIpc) is 2.45. The van der Waals surface area contributed by atoms with E-state index in [1.807, 2.05) is 18.2 Å². The lowest BCUT2D eigenvalue weighted by Crippen LogP contribution is -2.16. The molecule has 5 heteroatoms. The van der Waals surface area contributed by atoms with Crippen molar-refractivity contribution in [1.82, 2.24) is 0 Å². The molecule has 2 aromatic rings. The van der Waals surface area contributed by atoms with E-state index >= 15 is 0 Å². The van der Waals surface area contributed by atoms with Crippen LogP contribution >= 0.6 is 0 Å². The quantitative estimate of drug-likeness (QED) is 0.909. The lowest BCUT2D eigenvalue weighted by atomic mass is 10.1. The normalized spacial score (nSPS) is 13.3. The Morgan fingerprint density at radius 2 is 1.57 bits per heavy atom. The van der Waals surface area contributed by atoms with Crippen molar-refractivity contribution in [3.63, 3.8) is 0 Å². The molecule has 2 rings (SSSR count). The summed E-state index contributed by atoms with van der Waals surface area (Å²) >= 11 is 0. The maximum Gasteiger partial charge on any atom is 0.573 e. The van der Waals surface area contributed by atoms with Crippen LogP contribution in [0.2, 0.25) is 0 Å². The summed E-state index contributed by atoms with van der Waals surface area (Å²) in [5.74, 6) is -0.275. The van der Waals surface area contributed by atoms with Crippen molar-refractivity contribution in [2.24, 2.45) is 0 Å². The molecular formula is C16H13F3O2. The maximum absolute atomic E-state index is 12.0. The molecule has 21 heavy (non-hydrogen) atoms. The number of aliphatic hydroxyl groups excluding tert-OH is 1. The van der Waals surface area contributed by atoms with E-state index in [2.05, 4.69) is 4.74 Å². The molecule has 1 atom stereocenters. The molecule has 2 nitrogen and oxygen atoms in total. The van der Waals surface area contributed by atoms with E-state index < -0.39 is 12.5 Å². The Hall–Kier alpha value is -2.27. The molecule has 0 saturated carbocycles. The van der Waals surface area contributed by atoms with Crippen LogP contribution in [-0.4, -0.2) is 11.5 Å². The van der Waals surface area contributed by atoms with Gasteiger partial charge in [-0.15, -0.1) is 13.2 Å². The first-order valence-corrected chi connectivity index (χ1v) is 6.21. The minimum absolute atomic E-state index is 0.275. The third-order valence-electron chi connectivity index (χ3n) is 2.73. The zero-order valence-electron chi connectivity index (χ0n) is 10.9. The summed E-state index contributed by atoms with van der Waals surface area (Å²) in [6.45, 7) is 0. The third-order valence-corrected chi connectivity index (χ3v) is 2.73. The van der Waals surface area contributed by atoms with Gasteiger partial charge in [-0.25, -0.2) is 0 Å². The highest BCUT2D eigenvalue weighted by atomic mass is 19.4. The summed E-state index contributed by atoms with van der Waals surface area (Å²) in [5, 5.41) is 9.93. The topological polar surface area (TPSA) is 29.5 Å². The number of hydrogen-bond donors (Lipinski definition) is 1. The third kappa shape index (κ3) is 4.96. The second-order valence-electron chi connectivity index (χ2n) is 4.33. The van der Waals surface area contributed by atoms with Gasteiger partial charge >= 0.3 is 6.36 Å². The van der Waals surface area contributed by atoms with Crippen molar-refractivity contribution in [1.29, 1.82) is 0 Å². The molecule has 1 N–H and O–H groups in total. The van der Waals surface area contributed by atoms with Gasteiger partial charge in [0.15, 0.2) is 0 Å². The van der Waals surface area contributed by atoms with Crippen LogP contribution in [0.3, 0.4) is 0 Å². The number of ether oxygens (including phenoxy) is 1.